The number of esters is 3. The minimum Gasteiger partial charge on any atom is -0.462 e. The molecule has 0 spiro atoms. The van der Waals surface area contributed by atoms with Crippen LogP contribution >= 0.6 is 0 Å². The molecule has 0 aliphatic heterocycles. The number of carbonyl (C=O) groups excluding carboxylic acids is 3. The number of rotatable bonds is 50. The molecule has 362 valence electrons. The number of hydrogen-bond donors (Lipinski definition) is 0. The molecule has 1 atom stereocenters. The average molecular weight is 863 g/mol. The summed E-state index contributed by atoms with van der Waals surface area (Å²) >= 11 is 0. The molecule has 6 nitrogen and oxygen atoms in total. The topological polar surface area (TPSA) is 78.9 Å². The number of carbonyl (C=O) groups is 3. The molecule has 0 unspecified atom stereocenters. The Hall–Kier alpha value is -1.59. The smallest absolute Gasteiger partial charge is 0.306 e. The molecule has 6 heteroatoms. The van der Waals surface area contributed by atoms with Gasteiger partial charge in [0.25, 0.3) is 0 Å². The van der Waals surface area contributed by atoms with Gasteiger partial charge in [0.05, 0.1) is 0 Å². The highest BCUT2D eigenvalue weighted by atomic mass is 16.6. The lowest BCUT2D eigenvalue weighted by Crippen LogP contribution is -2.30. The van der Waals surface area contributed by atoms with E-state index in [1.54, 1.807) is 0 Å². The Kier molecular flexibility index (Phi) is 48.1. The van der Waals surface area contributed by atoms with Crippen LogP contribution in [0.3, 0.4) is 0 Å². The van der Waals surface area contributed by atoms with Crippen LogP contribution in [-0.4, -0.2) is 37.2 Å². The van der Waals surface area contributed by atoms with Gasteiger partial charge in [-0.2, -0.15) is 0 Å². The molecular weight excluding hydrogens is 757 g/mol. The van der Waals surface area contributed by atoms with Crippen LogP contribution in [0, 0.1) is 5.92 Å². The van der Waals surface area contributed by atoms with E-state index in [0.29, 0.717) is 19.3 Å². The SMILES string of the molecule is CCCCCCCCCCCCCCCCCCCC(=O)OC[C@H](COC(=O)CCCCCCCCCCC(C)C)OC(=O)CCCCCCCCCCCCCCCCC. The molecule has 0 aliphatic rings. The first kappa shape index (κ1) is 59.4. The molecular formula is C55H106O6. The van der Waals surface area contributed by atoms with Crippen LogP contribution in [0.1, 0.15) is 310 Å². The molecule has 0 amide bonds. The average Bonchev–Trinajstić information content (AvgIpc) is 3.24. The summed E-state index contributed by atoms with van der Waals surface area (Å²) in [4.78, 5) is 38.0. The molecule has 0 aromatic rings. The van der Waals surface area contributed by atoms with Gasteiger partial charge in [-0.3, -0.25) is 14.4 Å². The van der Waals surface area contributed by atoms with Gasteiger partial charge in [-0.05, 0) is 25.2 Å². The largest absolute Gasteiger partial charge is 0.462 e. The Labute approximate surface area is 380 Å². The zero-order valence-electron chi connectivity index (χ0n) is 41.6. The molecule has 61 heavy (non-hydrogen) atoms. The Morgan fingerprint density at radius 2 is 0.541 bits per heavy atom. The van der Waals surface area contributed by atoms with Gasteiger partial charge in [-0.1, -0.05) is 272 Å². The Bertz CT molecular complexity index is 918. The molecule has 0 saturated heterocycles. The van der Waals surface area contributed by atoms with Crippen molar-refractivity contribution >= 4 is 17.9 Å². The van der Waals surface area contributed by atoms with Crippen LogP contribution in [-0.2, 0) is 28.6 Å². The summed E-state index contributed by atoms with van der Waals surface area (Å²) in [6, 6.07) is 0. The standard InChI is InChI=1S/C55H106O6/c1-5-7-9-11-13-15-17-19-21-22-24-25-27-29-34-38-42-46-53(56)59-49-52(50-60-54(57)47-43-39-35-32-31-33-37-41-45-51(3)4)61-55(58)48-44-40-36-30-28-26-23-20-18-16-14-12-10-8-6-2/h51-52H,5-50H2,1-4H3/t52-/m1/s1. The second-order valence-electron chi connectivity index (χ2n) is 19.3. The van der Waals surface area contributed by atoms with Crippen LogP contribution in [0.5, 0.6) is 0 Å². The van der Waals surface area contributed by atoms with E-state index in [-0.39, 0.29) is 31.1 Å². The zero-order chi connectivity index (χ0) is 44.5. The monoisotopic (exact) mass is 863 g/mol. The zero-order valence-corrected chi connectivity index (χ0v) is 41.6. The molecule has 0 aliphatic carbocycles. The van der Waals surface area contributed by atoms with E-state index in [0.717, 1.165) is 63.7 Å². The number of hydrogen-bond acceptors (Lipinski definition) is 6. The molecule has 0 fully saturated rings. The van der Waals surface area contributed by atoms with E-state index in [9.17, 15) is 14.4 Å². The normalized spacial score (nSPS) is 12.0. The van der Waals surface area contributed by atoms with Gasteiger partial charge in [-0.25, -0.2) is 0 Å². The van der Waals surface area contributed by atoms with E-state index >= 15 is 0 Å². The minimum atomic E-state index is -0.761. The van der Waals surface area contributed by atoms with Crippen LogP contribution in [0.2, 0.25) is 0 Å². The maximum absolute atomic E-state index is 12.8. The summed E-state index contributed by atoms with van der Waals surface area (Å²) in [6.07, 6.45) is 52.4. The van der Waals surface area contributed by atoms with Gasteiger partial charge in [0, 0.05) is 19.3 Å². The summed E-state index contributed by atoms with van der Waals surface area (Å²) in [6.45, 7) is 9.01. The Morgan fingerprint density at radius 3 is 0.803 bits per heavy atom. The fourth-order valence-corrected chi connectivity index (χ4v) is 8.39. The third-order valence-electron chi connectivity index (χ3n) is 12.5. The summed E-state index contributed by atoms with van der Waals surface area (Å²) in [5, 5.41) is 0. The van der Waals surface area contributed by atoms with Crippen molar-refractivity contribution in [2.24, 2.45) is 5.92 Å². The third-order valence-corrected chi connectivity index (χ3v) is 12.5. The van der Waals surface area contributed by atoms with Crippen molar-refractivity contribution in [2.75, 3.05) is 13.2 Å². The minimum absolute atomic E-state index is 0.0627. The van der Waals surface area contributed by atoms with Gasteiger partial charge in [0.2, 0.25) is 0 Å². The van der Waals surface area contributed by atoms with Crippen LogP contribution in [0.25, 0.3) is 0 Å². The first-order chi connectivity index (χ1) is 29.9. The lowest BCUT2D eigenvalue weighted by molar-refractivity contribution is -0.167. The number of ether oxygens (including phenoxy) is 3. The van der Waals surface area contributed by atoms with Gasteiger partial charge in [0.15, 0.2) is 6.10 Å². The molecule has 0 aromatic carbocycles. The lowest BCUT2D eigenvalue weighted by Gasteiger charge is -2.18. The van der Waals surface area contributed by atoms with Crippen LogP contribution < -0.4 is 0 Å². The second-order valence-corrected chi connectivity index (χ2v) is 19.3. The Balaban J connectivity index is 4.27. The van der Waals surface area contributed by atoms with Crippen molar-refractivity contribution in [3.8, 4) is 0 Å². The van der Waals surface area contributed by atoms with Crippen molar-refractivity contribution in [2.45, 2.75) is 316 Å². The first-order valence-electron chi connectivity index (χ1n) is 27.4. The quantitative estimate of drug-likeness (QED) is 0.0344. The summed E-state index contributed by atoms with van der Waals surface area (Å²) in [5.74, 6) is -0.0455. The van der Waals surface area contributed by atoms with Gasteiger partial charge < -0.3 is 14.2 Å². The predicted molar refractivity (Wildman–Crippen MR) is 261 cm³/mol. The third kappa shape index (κ3) is 49.3. The van der Waals surface area contributed by atoms with Gasteiger partial charge in [-0.15, -0.1) is 0 Å². The van der Waals surface area contributed by atoms with Crippen molar-refractivity contribution in [1.82, 2.24) is 0 Å². The van der Waals surface area contributed by atoms with Crippen LogP contribution in [0.4, 0.5) is 0 Å². The van der Waals surface area contributed by atoms with Gasteiger partial charge >= 0.3 is 17.9 Å². The van der Waals surface area contributed by atoms with Crippen molar-refractivity contribution in [3.63, 3.8) is 0 Å². The Morgan fingerprint density at radius 1 is 0.311 bits per heavy atom. The molecule has 0 radical (unpaired) electrons. The predicted octanol–water partition coefficient (Wildman–Crippen LogP) is 17.8. The summed E-state index contributed by atoms with van der Waals surface area (Å²) < 4.78 is 16.8. The van der Waals surface area contributed by atoms with E-state index in [4.69, 9.17) is 14.2 Å². The highest BCUT2D eigenvalue weighted by Crippen LogP contribution is 2.17. The van der Waals surface area contributed by atoms with Crippen LogP contribution in [0.15, 0.2) is 0 Å². The van der Waals surface area contributed by atoms with Crippen molar-refractivity contribution in [1.29, 1.82) is 0 Å². The maximum Gasteiger partial charge on any atom is 0.306 e. The molecule has 0 saturated carbocycles. The number of unbranched alkanes of at least 4 members (excludes halogenated alkanes) is 37. The highest BCUT2D eigenvalue weighted by Gasteiger charge is 2.19. The first-order valence-corrected chi connectivity index (χ1v) is 27.4. The second kappa shape index (κ2) is 49.4. The highest BCUT2D eigenvalue weighted by molar-refractivity contribution is 5.71. The summed E-state index contributed by atoms with van der Waals surface area (Å²) in [7, 11) is 0. The van der Waals surface area contributed by atoms with Gasteiger partial charge in [0.1, 0.15) is 13.2 Å². The van der Waals surface area contributed by atoms with E-state index in [1.165, 1.54) is 205 Å². The molecule has 0 N–H and O–H groups in total. The molecule has 0 rings (SSSR count). The van der Waals surface area contributed by atoms with Crippen molar-refractivity contribution < 1.29 is 28.6 Å². The van der Waals surface area contributed by atoms with E-state index in [1.807, 2.05) is 0 Å². The maximum atomic E-state index is 12.8. The van der Waals surface area contributed by atoms with Crippen molar-refractivity contribution in [3.05, 3.63) is 0 Å². The fourth-order valence-electron chi connectivity index (χ4n) is 8.39. The molecule has 0 aromatic heterocycles. The summed E-state index contributed by atoms with van der Waals surface area (Å²) in [5.41, 5.74) is 0. The lowest BCUT2D eigenvalue weighted by atomic mass is 10.0. The van der Waals surface area contributed by atoms with E-state index in [2.05, 4.69) is 27.7 Å². The van der Waals surface area contributed by atoms with E-state index < -0.39 is 6.10 Å². The fraction of sp³-hybridized carbons (Fsp3) is 0.945. The molecule has 0 heterocycles. The molecule has 0 bridgehead atoms.